The summed E-state index contributed by atoms with van der Waals surface area (Å²) in [6.45, 7) is 1.64. The Morgan fingerprint density at radius 3 is 2.89 bits per heavy atom. The summed E-state index contributed by atoms with van der Waals surface area (Å²) in [7, 11) is 0. The Labute approximate surface area is 108 Å². The molecule has 0 saturated carbocycles. The largest absolute Gasteiger partial charge is 0.348 e. The number of nitrogens with zero attached hydrogens (tertiary/aromatic N) is 2. The van der Waals surface area contributed by atoms with Crippen molar-refractivity contribution in [3.63, 3.8) is 0 Å². The summed E-state index contributed by atoms with van der Waals surface area (Å²) in [4.78, 5) is 22.0. The Balaban J connectivity index is 3.01. The second-order valence-corrected chi connectivity index (χ2v) is 4.09. The van der Waals surface area contributed by atoms with Gasteiger partial charge in [-0.2, -0.15) is 5.26 Å². The monoisotopic (exact) mass is 267 g/mol. The van der Waals surface area contributed by atoms with Crippen LogP contribution in [0.15, 0.2) is 18.2 Å². The lowest BCUT2D eigenvalue weighted by Crippen LogP contribution is -2.32. The standard InChI is InChI=1S/C11H10ClN3O3/c1-7(4-5-13)14-11(16)9-6-8(12)2-3-10(9)15(17)18/h2-3,6-7H,4H2,1H3,(H,14,16). The quantitative estimate of drug-likeness (QED) is 0.668. The van der Waals surface area contributed by atoms with Crippen LogP contribution in [0.2, 0.25) is 5.02 Å². The van der Waals surface area contributed by atoms with Gasteiger partial charge in [0.25, 0.3) is 11.6 Å². The van der Waals surface area contributed by atoms with Gasteiger partial charge in [0.1, 0.15) is 5.56 Å². The molecule has 94 valence electrons. The van der Waals surface area contributed by atoms with Gasteiger partial charge in [0.15, 0.2) is 0 Å². The summed E-state index contributed by atoms with van der Waals surface area (Å²) in [6.07, 6.45) is 0.125. The van der Waals surface area contributed by atoms with E-state index in [0.29, 0.717) is 0 Å². The van der Waals surface area contributed by atoms with E-state index in [9.17, 15) is 14.9 Å². The number of nitro benzene ring substituents is 1. The number of nitriles is 1. The minimum Gasteiger partial charge on any atom is -0.348 e. The Hall–Kier alpha value is -2.13. The average Bonchev–Trinajstić information content (AvgIpc) is 2.28. The first-order valence-electron chi connectivity index (χ1n) is 5.07. The molecule has 0 aliphatic heterocycles. The zero-order valence-electron chi connectivity index (χ0n) is 9.51. The summed E-state index contributed by atoms with van der Waals surface area (Å²) in [5.41, 5.74) is -0.432. The first kappa shape index (κ1) is 13.9. The van der Waals surface area contributed by atoms with Crippen molar-refractivity contribution in [1.82, 2.24) is 5.32 Å². The lowest BCUT2D eigenvalue weighted by atomic mass is 10.1. The number of rotatable bonds is 4. The number of amides is 1. The fraction of sp³-hybridized carbons (Fsp3) is 0.273. The smallest absolute Gasteiger partial charge is 0.282 e. The minimum atomic E-state index is -0.653. The predicted molar refractivity (Wildman–Crippen MR) is 65.3 cm³/mol. The Morgan fingerprint density at radius 2 is 2.33 bits per heavy atom. The molecule has 1 atom stereocenters. The Morgan fingerprint density at radius 1 is 1.67 bits per heavy atom. The van der Waals surface area contributed by atoms with Crippen LogP contribution in [0, 0.1) is 21.4 Å². The Bertz CT molecular complexity index is 525. The maximum absolute atomic E-state index is 11.8. The van der Waals surface area contributed by atoms with Crippen molar-refractivity contribution >= 4 is 23.2 Å². The zero-order valence-corrected chi connectivity index (χ0v) is 10.3. The third-order valence-corrected chi connectivity index (χ3v) is 2.41. The fourth-order valence-corrected chi connectivity index (χ4v) is 1.51. The molecule has 1 N–H and O–H groups in total. The zero-order chi connectivity index (χ0) is 13.7. The van der Waals surface area contributed by atoms with Gasteiger partial charge in [-0.05, 0) is 19.1 Å². The molecule has 0 aliphatic rings. The van der Waals surface area contributed by atoms with E-state index in [4.69, 9.17) is 16.9 Å². The van der Waals surface area contributed by atoms with Crippen LogP contribution in [0.5, 0.6) is 0 Å². The normalized spacial score (nSPS) is 11.4. The van der Waals surface area contributed by atoms with Crippen molar-refractivity contribution < 1.29 is 9.72 Å². The van der Waals surface area contributed by atoms with Crippen LogP contribution < -0.4 is 5.32 Å². The van der Waals surface area contributed by atoms with Gasteiger partial charge in [-0.15, -0.1) is 0 Å². The number of carbonyl (C=O) groups excluding carboxylic acids is 1. The predicted octanol–water partition coefficient (Wildman–Crippen LogP) is 2.28. The van der Waals surface area contributed by atoms with Crippen molar-refractivity contribution in [3.8, 4) is 6.07 Å². The van der Waals surface area contributed by atoms with Crippen molar-refractivity contribution in [1.29, 1.82) is 5.26 Å². The third kappa shape index (κ3) is 3.43. The molecule has 0 radical (unpaired) electrons. The molecule has 18 heavy (non-hydrogen) atoms. The highest BCUT2D eigenvalue weighted by Gasteiger charge is 2.21. The lowest BCUT2D eigenvalue weighted by Gasteiger charge is -2.10. The van der Waals surface area contributed by atoms with Gasteiger partial charge >= 0.3 is 0 Å². The Kier molecular flexibility index (Phi) is 4.63. The molecule has 0 fully saturated rings. The van der Waals surface area contributed by atoms with Gasteiger partial charge in [-0.25, -0.2) is 0 Å². The molecular formula is C11H10ClN3O3. The van der Waals surface area contributed by atoms with Crippen LogP contribution in [0.1, 0.15) is 23.7 Å². The molecule has 7 heteroatoms. The van der Waals surface area contributed by atoms with Crippen molar-refractivity contribution in [3.05, 3.63) is 38.9 Å². The van der Waals surface area contributed by atoms with Crippen molar-refractivity contribution in [2.24, 2.45) is 0 Å². The molecule has 0 heterocycles. The summed E-state index contributed by atoms with van der Waals surface area (Å²) >= 11 is 5.71. The van der Waals surface area contributed by atoms with Gasteiger partial charge < -0.3 is 5.32 Å². The van der Waals surface area contributed by atoms with Crippen LogP contribution in [-0.2, 0) is 0 Å². The number of nitro groups is 1. The molecule has 0 bridgehead atoms. The van der Waals surface area contributed by atoms with Gasteiger partial charge in [0.05, 0.1) is 17.4 Å². The maximum atomic E-state index is 11.8. The van der Waals surface area contributed by atoms with E-state index in [-0.39, 0.29) is 28.7 Å². The number of hydrogen-bond acceptors (Lipinski definition) is 4. The number of carbonyl (C=O) groups is 1. The molecule has 1 aromatic rings. The second kappa shape index (κ2) is 5.98. The molecule has 6 nitrogen and oxygen atoms in total. The van der Waals surface area contributed by atoms with E-state index in [1.165, 1.54) is 18.2 Å². The van der Waals surface area contributed by atoms with Crippen LogP contribution in [0.3, 0.4) is 0 Å². The molecule has 1 amide bonds. The molecule has 0 spiro atoms. The topological polar surface area (TPSA) is 96.0 Å². The lowest BCUT2D eigenvalue weighted by molar-refractivity contribution is -0.385. The molecule has 0 aromatic heterocycles. The molecule has 0 saturated heterocycles. The highest BCUT2D eigenvalue weighted by Crippen LogP contribution is 2.22. The van der Waals surface area contributed by atoms with Crippen molar-refractivity contribution in [2.45, 2.75) is 19.4 Å². The third-order valence-electron chi connectivity index (χ3n) is 2.17. The molecule has 1 unspecified atom stereocenters. The van der Waals surface area contributed by atoms with Gasteiger partial charge in [-0.1, -0.05) is 11.6 Å². The SMILES string of the molecule is CC(CC#N)NC(=O)c1cc(Cl)ccc1[N+](=O)[O-]. The van der Waals surface area contributed by atoms with E-state index < -0.39 is 10.8 Å². The van der Waals surface area contributed by atoms with E-state index >= 15 is 0 Å². The van der Waals surface area contributed by atoms with E-state index in [0.717, 1.165) is 0 Å². The number of benzene rings is 1. The van der Waals surface area contributed by atoms with Crippen LogP contribution in [0.25, 0.3) is 0 Å². The summed E-state index contributed by atoms with van der Waals surface area (Å²) in [5.74, 6) is -0.619. The van der Waals surface area contributed by atoms with Gasteiger partial charge in [0.2, 0.25) is 0 Å². The summed E-state index contributed by atoms with van der Waals surface area (Å²) in [6, 6.07) is 5.26. The summed E-state index contributed by atoms with van der Waals surface area (Å²) in [5, 5.41) is 22.0. The maximum Gasteiger partial charge on any atom is 0.282 e. The second-order valence-electron chi connectivity index (χ2n) is 3.66. The van der Waals surface area contributed by atoms with Gasteiger partial charge in [-0.3, -0.25) is 14.9 Å². The summed E-state index contributed by atoms with van der Waals surface area (Å²) < 4.78 is 0. The molecular weight excluding hydrogens is 258 g/mol. The molecule has 1 rings (SSSR count). The van der Waals surface area contributed by atoms with E-state index in [2.05, 4.69) is 5.32 Å². The number of halogens is 1. The fourth-order valence-electron chi connectivity index (χ4n) is 1.34. The number of nitrogens with one attached hydrogen (secondary N) is 1. The average molecular weight is 268 g/mol. The first-order chi connectivity index (χ1) is 8.45. The van der Waals surface area contributed by atoms with Gasteiger partial charge in [0, 0.05) is 17.1 Å². The van der Waals surface area contributed by atoms with Crippen molar-refractivity contribution in [2.75, 3.05) is 0 Å². The highest BCUT2D eigenvalue weighted by atomic mass is 35.5. The molecule has 1 aromatic carbocycles. The number of hydrogen-bond donors (Lipinski definition) is 1. The highest BCUT2D eigenvalue weighted by molar-refractivity contribution is 6.31. The van der Waals surface area contributed by atoms with Crippen LogP contribution in [-0.4, -0.2) is 16.9 Å². The first-order valence-corrected chi connectivity index (χ1v) is 5.45. The van der Waals surface area contributed by atoms with Crippen LogP contribution >= 0.6 is 11.6 Å². The van der Waals surface area contributed by atoms with E-state index in [1.807, 2.05) is 6.07 Å². The van der Waals surface area contributed by atoms with E-state index in [1.54, 1.807) is 6.92 Å². The molecule has 0 aliphatic carbocycles. The van der Waals surface area contributed by atoms with Crippen LogP contribution in [0.4, 0.5) is 5.69 Å². The minimum absolute atomic E-state index is 0.114.